The number of ether oxygens (including phenoxy) is 2. The van der Waals surface area contributed by atoms with Crippen LogP contribution >= 0.6 is 0 Å². The molecule has 0 radical (unpaired) electrons. The van der Waals surface area contributed by atoms with Crippen LogP contribution in [-0.4, -0.2) is 75.8 Å². The molecule has 0 atom stereocenters. The van der Waals surface area contributed by atoms with Crippen molar-refractivity contribution in [1.29, 1.82) is 0 Å². The number of rotatable bonds is 14. The van der Waals surface area contributed by atoms with E-state index in [1.54, 1.807) is 0 Å². The Kier molecular flexibility index (Phi) is 14.6. The first-order chi connectivity index (χ1) is 8.85. The summed E-state index contributed by atoms with van der Waals surface area (Å²) in [7, 11) is 0. The van der Waals surface area contributed by atoms with Gasteiger partial charge in [-0.1, -0.05) is 0 Å². The van der Waals surface area contributed by atoms with E-state index in [0.29, 0.717) is 46.1 Å². The molecule has 0 spiro atoms. The van der Waals surface area contributed by atoms with Crippen molar-refractivity contribution < 1.29 is 14.6 Å². The van der Waals surface area contributed by atoms with E-state index in [4.69, 9.17) is 26.0 Å². The molecule has 0 aliphatic heterocycles. The summed E-state index contributed by atoms with van der Waals surface area (Å²) in [5, 5.41) is 8.96. The van der Waals surface area contributed by atoms with Gasteiger partial charge in [-0.2, -0.15) is 0 Å². The zero-order valence-electron chi connectivity index (χ0n) is 11.4. The lowest BCUT2D eigenvalue weighted by Crippen LogP contribution is -2.33. The molecular weight excluding hydrogens is 234 g/mol. The third-order valence-electron chi connectivity index (χ3n) is 2.51. The van der Waals surface area contributed by atoms with Crippen LogP contribution in [0.4, 0.5) is 0 Å². The normalized spacial score (nSPS) is 11.3. The predicted octanol–water partition coefficient (Wildman–Crippen LogP) is -0.988. The maximum absolute atomic E-state index is 8.96. The maximum atomic E-state index is 8.96. The van der Waals surface area contributed by atoms with Crippen LogP contribution in [0, 0.1) is 0 Å². The van der Waals surface area contributed by atoms with Crippen LogP contribution in [-0.2, 0) is 9.47 Å². The minimum Gasteiger partial charge on any atom is -0.395 e. The number of hydrogen-bond donors (Lipinski definition) is 3. The molecule has 0 heterocycles. The molecule has 6 heteroatoms. The summed E-state index contributed by atoms with van der Waals surface area (Å²) in [6, 6.07) is 0. The van der Waals surface area contributed by atoms with Crippen LogP contribution in [0.5, 0.6) is 0 Å². The smallest absolute Gasteiger partial charge is 0.0593 e. The summed E-state index contributed by atoms with van der Waals surface area (Å²) >= 11 is 0. The number of hydrogen-bond acceptors (Lipinski definition) is 6. The molecule has 0 aromatic carbocycles. The fraction of sp³-hybridized carbons (Fsp3) is 1.00. The van der Waals surface area contributed by atoms with Crippen LogP contribution in [0.3, 0.4) is 0 Å². The molecular formula is C12H29N3O3. The Hall–Kier alpha value is -0.240. The minimum absolute atomic E-state index is 0.158. The summed E-state index contributed by atoms with van der Waals surface area (Å²) in [4.78, 5) is 2.13. The van der Waals surface area contributed by atoms with Gasteiger partial charge in [0.15, 0.2) is 0 Å². The first kappa shape index (κ1) is 17.8. The zero-order valence-corrected chi connectivity index (χ0v) is 11.4. The van der Waals surface area contributed by atoms with Gasteiger partial charge in [0, 0.05) is 32.8 Å². The Labute approximate surface area is 110 Å². The average molecular weight is 263 g/mol. The van der Waals surface area contributed by atoms with Gasteiger partial charge in [-0.3, -0.25) is 4.90 Å². The molecule has 0 amide bonds. The van der Waals surface area contributed by atoms with Crippen molar-refractivity contribution in [2.75, 3.05) is 65.8 Å². The Bertz CT molecular complexity index is 148. The van der Waals surface area contributed by atoms with Gasteiger partial charge >= 0.3 is 0 Å². The second-order valence-corrected chi connectivity index (χ2v) is 4.07. The van der Waals surface area contributed by atoms with Crippen LogP contribution < -0.4 is 11.5 Å². The summed E-state index contributed by atoms with van der Waals surface area (Å²) in [5.41, 5.74) is 10.7. The maximum Gasteiger partial charge on any atom is 0.0593 e. The van der Waals surface area contributed by atoms with E-state index in [1.165, 1.54) is 0 Å². The van der Waals surface area contributed by atoms with Crippen molar-refractivity contribution in [3.8, 4) is 0 Å². The SMILES string of the molecule is NCCCOCCN(CCO)CCOCCCN. The number of aliphatic hydroxyl groups excluding tert-OH is 1. The molecule has 18 heavy (non-hydrogen) atoms. The summed E-state index contributed by atoms with van der Waals surface area (Å²) < 4.78 is 10.9. The molecule has 110 valence electrons. The standard InChI is InChI=1S/C12H29N3O3/c13-3-1-9-17-11-6-15(5-8-16)7-12-18-10-2-4-14/h16H,1-14H2. The molecule has 0 aromatic heterocycles. The summed E-state index contributed by atoms with van der Waals surface area (Å²) in [5.74, 6) is 0. The van der Waals surface area contributed by atoms with E-state index in [9.17, 15) is 0 Å². The van der Waals surface area contributed by atoms with Gasteiger partial charge in [-0.05, 0) is 25.9 Å². The van der Waals surface area contributed by atoms with Crippen molar-refractivity contribution >= 4 is 0 Å². The highest BCUT2D eigenvalue weighted by atomic mass is 16.5. The van der Waals surface area contributed by atoms with Gasteiger partial charge in [0.05, 0.1) is 19.8 Å². The molecule has 6 nitrogen and oxygen atoms in total. The number of nitrogens with two attached hydrogens (primary N) is 2. The molecule has 0 rings (SSSR count). The molecule has 0 unspecified atom stereocenters. The van der Waals surface area contributed by atoms with Crippen LogP contribution in [0.25, 0.3) is 0 Å². The minimum atomic E-state index is 0.158. The predicted molar refractivity (Wildman–Crippen MR) is 72.5 cm³/mol. The lowest BCUT2D eigenvalue weighted by atomic mass is 10.4. The van der Waals surface area contributed by atoms with Gasteiger partial charge in [0.25, 0.3) is 0 Å². The van der Waals surface area contributed by atoms with Crippen molar-refractivity contribution in [3.63, 3.8) is 0 Å². The molecule has 5 N–H and O–H groups in total. The molecule has 0 aromatic rings. The monoisotopic (exact) mass is 263 g/mol. The summed E-state index contributed by atoms with van der Waals surface area (Å²) in [6.07, 6.45) is 1.78. The van der Waals surface area contributed by atoms with E-state index in [-0.39, 0.29) is 6.61 Å². The van der Waals surface area contributed by atoms with Gasteiger partial charge in [-0.25, -0.2) is 0 Å². The fourth-order valence-corrected chi connectivity index (χ4v) is 1.44. The average Bonchev–Trinajstić information content (AvgIpc) is 2.38. The first-order valence-electron chi connectivity index (χ1n) is 6.74. The Morgan fingerprint density at radius 1 is 0.778 bits per heavy atom. The van der Waals surface area contributed by atoms with Gasteiger partial charge < -0.3 is 26.0 Å². The second-order valence-electron chi connectivity index (χ2n) is 4.07. The largest absolute Gasteiger partial charge is 0.395 e. The first-order valence-corrected chi connectivity index (χ1v) is 6.74. The van der Waals surface area contributed by atoms with E-state index >= 15 is 0 Å². The molecule has 0 saturated carbocycles. The third-order valence-corrected chi connectivity index (χ3v) is 2.51. The van der Waals surface area contributed by atoms with Gasteiger partial charge in [-0.15, -0.1) is 0 Å². The van der Waals surface area contributed by atoms with Crippen LogP contribution in [0.2, 0.25) is 0 Å². The second kappa shape index (κ2) is 14.8. The quantitative estimate of drug-likeness (QED) is 0.348. The zero-order chi connectivity index (χ0) is 13.5. The lowest BCUT2D eigenvalue weighted by molar-refractivity contribution is 0.0667. The van der Waals surface area contributed by atoms with E-state index in [0.717, 1.165) is 25.9 Å². The highest BCUT2D eigenvalue weighted by Gasteiger charge is 2.03. The highest BCUT2D eigenvalue weighted by Crippen LogP contribution is 1.91. The molecule has 0 aliphatic rings. The third kappa shape index (κ3) is 12.2. The topological polar surface area (TPSA) is 94.0 Å². The van der Waals surface area contributed by atoms with Gasteiger partial charge in [0.2, 0.25) is 0 Å². The fourth-order valence-electron chi connectivity index (χ4n) is 1.44. The van der Waals surface area contributed by atoms with Crippen molar-refractivity contribution in [2.45, 2.75) is 12.8 Å². The van der Waals surface area contributed by atoms with E-state index < -0.39 is 0 Å². The molecule has 0 aliphatic carbocycles. The Morgan fingerprint density at radius 2 is 1.28 bits per heavy atom. The van der Waals surface area contributed by atoms with Crippen molar-refractivity contribution in [3.05, 3.63) is 0 Å². The highest BCUT2D eigenvalue weighted by molar-refractivity contribution is 4.56. The molecule has 0 bridgehead atoms. The molecule has 0 saturated heterocycles. The Balaban J connectivity index is 3.45. The van der Waals surface area contributed by atoms with Crippen molar-refractivity contribution in [2.24, 2.45) is 11.5 Å². The van der Waals surface area contributed by atoms with Crippen molar-refractivity contribution in [1.82, 2.24) is 4.90 Å². The number of aliphatic hydroxyl groups is 1. The van der Waals surface area contributed by atoms with Crippen LogP contribution in [0.15, 0.2) is 0 Å². The van der Waals surface area contributed by atoms with E-state index in [1.807, 2.05) is 0 Å². The van der Waals surface area contributed by atoms with E-state index in [2.05, 4.69) is 4.90 Å². The van der Waals surface area contributed by atoms with Crippen LogP contribution in [0.1, 0.15) is 12.8 Å². The Morgan fingerprint density at radius 3 is 1.67 bits per heavy atom. The molecule has 0 fully saturated rings. The lowest BCUT2D eigenvalue weighted by Gasteiger charge is -2.21. The number of nitrogens with zero attached hydrogens (tertiary/aromatic N) is 1. The van der Waals surface area contributed by atoms with Gasteiger partial charge in [0.1, 0.15) is 0 Å². The summed E-state index contributed by atoms with van der Waals surface area (Å²) in [6.45, 7) is 6.51.